The topological polar surface area (TPSA) is 59.1 Å². The summed E-state index contributed by atoms with van der Waals surface area (Å²) in [5.74, 6) is 0. The lowest BCUT2D eigenvalue weighted by molar-refractivity contribution is 1.11. The normalized spacial score (nSPS) is 10.3. The first-order chi connectivity index (χ1) is 6.77. The zero-order valence-corrected chi connectivity index (χ0v) is 7.36. The van der Waals surface area contributed by atoms with E-state index in [1.165, 1.54) is 6.07 Å². The van der Waals surface area contributed by atoms with Crippen molar-refractivity contribution in [3.63, 3.8) is 0 Å². The monoisotopic (exact) mass is 188 g/mol. The van der Waals surface area contributed by atoms with Gasteiger partial charge in [-0.2, -0.15) is 0 Å². The number of aromatic nitrogens is 1. The minimum Gasteiger partial charge on any atom is -0.378 e. The van der Waals surface area contributed by atoms with Crippen molar-refractivity contribution in [1.82, 2.24) is 4.98 Å². The SMILES string of the molecule is O=c1cc(NCc2ccncc2)c1=O. The van der Waals surface area contributed by atoms with Gasteiger partial charge in [0.15, 0.2) is 0 Å². The molecule has 0 saturated carbocycles. The molecule has 0 fully saturated rings. The highest BCUT2D eigenvalue weighted by Gasteiger charge is 2.07. The highest BCUT2D eigenvalue weighted by Crippen LogP contribution is 2.01. The largest absolute Gasteiger partial charge is 0.378 e. The first-order valence-electron chi connectivity index (χ1n) is 4.20. The van der Waals surface area contributed by atoms with Crippen LogP contribution in [0.15, 0.2) is 40.2 Å². The number of nitrogens with zero attached hydrogens (tertiary/aromatic N) is 1. The molecule has 0 radical (unpaired) electrons. The van der Waals surface area contributed by atoms with E-state index < -0.39 is 10.9 Å². The second-order valence-electron chi connectivity index (χ2n) is 2.96. The Labute approximate surface area is 79.9 Å². The van der Waals surface area contributed by atoms with Crippen LogP contribution in [0.3, 0.4) is 0 Å². The van der Waals surface area contributed by atoms with E-state index in [0.29, 0.717) is 12.2 Å². The van der Waals surface area contributed by atoms with Crippen LogP contribution in [0.4, 0.5) is 5.69 Å². The second-order valence-corrected chi connectivity index (χ2v) is 2.96. The molecule has 2 rings (SSSR count). The minimum absolute atomic E-state index is 0.395. The molecule has 0 aliphatic carbocycles. The summed E-state index contributed by atoms with van der Waals surface area (Å²) in [6.07, 6.45) is 3.36. The first kappa shape index (κ1) is 8.62. The second kappa shape index (κ2) is 3.41. The average molecular weight is 188 g/mol. The molecule has 1 heterocycles. The van der Waals surface area contributed by atoms with Crippen molar-refractivity contribution in [3.8, 4) is 0 Å². The number of hydrogen-bond acceptors (Lipinski definition) is 4. The van der Waals surface area contributed by atoms with Gasteiger partial charge >= 0.3 is 0 Å². The van der Waals surface area contributed by atoms with Crippen molar-refractivity contribution < 1.29 is 0 Å². The van der Waals surface area contributed by atoms with Gasteiger partial charge in [-0.05, 0) is 17.7 Å². The van der Waals surface area contributed by atoms with Crippen molar-refractivity contribution in [1.29, 1.82) is 0 Å². The quantitative estimate of drug-likeness (QED) is 0.703. The fraction of sp³-hybridized carbons (Fsp3) is 0.100. The van der Waals surface area contributed by atoms with Gasteiger partial charge in [0.25, 0.3) is 0 Å². The van der Waals surface area contributed by atoms with Crippen molar-refractivity contribution in [3.05, 3.63) is 56.6 Å². The third kappa shape index (κ3) is 1.54. The van der Waals surface area contributed by atoms with Gasteiger partial charge in [-0.1, -0.05) is 0 Å². The van der Waals surface area contributed by atoms with Gasteiger partial charge in [0.1, 0.15) is 0 Å². The molecular formula is C10H8N2O2. The Morgan fingerprint density at radius 1 is 1.21 bits per heavy atom. The summed E-state index contributed by atoms with van der Waals surface area (Å²) < 4.78 is 0. The average Bonchev–Trinajstić information content (AvgIpc) is 2.25. The Balaban J connectivity index is 2.00. The third-order valence-electron chi connectivity index (χ3n) is 1.98. The maximum Gasteiger partial charge on any atom is 0.248 e. The minimum atomic E-state index is -0.431. The summed E-state index contributed by atoms with van der Waals surface area (Å²) in [4.78, 5) is 25.3. The van der Waals surface area contributed by atoms with Crippen LogP contribution >= 0.6 is 0 Å². The van der Waals surface area contributed by atoms with Crippen LogP contribution in [0, 0.1) is 0 Å². The number of hydrogen-bond donors (Lipinski definition) is 1. The molecule has 0 bridgehead atoms. The summed E-state index contributed by atoms with van der Waals surface area (Å²) in [6.45, 7) is 0.535. The summed E-state index contributed by atoms with van der Waals surface area (Å²) in [7, 11) is 0. The lowest BCUT2D eigenvalue weighted by Crippen LogP contribution is -2.32. The summed E-state index contributed by atoms with van der Waals surface area (Å²) in [5.41, 5.74) is 0.557. The number of anilines is 1. The van der Waals surface area contributed by atoms with Crippen molar-refractivity contribution in [2.45, 2.75) is 6.54 Å². The molecule has 0 atom stereocenters. The third-order valence-corrected chi connectivity index (χ3v) is 1.98. The smallest absolute Gasteiger partial charge is 0.248 e. The molecular weight excluding hydrogens is 180 g/mol. The molecule has 1 aromatic carbocycles. The Kier molecular flexibility index (Phi) is 2.10. The van der Waals surface area contributed by atoms with Crippen LogP contribution in [-0.2, 0) is 6.54 Å². The van der Waals surface area contributed by atoms with E-state index in [4.69, 9.17) is 0 Å². The number of rotatable bonds is 3. The molecule has 0 spiro atoms. The van der Waals surface area contributed by atoms with Crippen LogP contribution < -0.4 is 16.2 Å². The molecule has 0 amide bonds. The van der Waals surface area contributed by atoms with E-state index in [0.717, 1.165) is 5.56 Å². The summed E-state index contributed by atoms with van der Waals surface area (Å²) >= 11 is 0. The highest BCUT2D eigenvalue weighted by molar-refractivity contribution is 5.47. The Bertz CT molecular complexity index is 498. The molecule has 14 heavy (non-hydrogen) atoms. The Hall–Kier alpha value is -1.97. The zero-order valence-electron chi connectivity index (χ0n) is 7.36. The van der Waals surface area contributed by atoms with Crippen LogP contribution in [-0.4, -0.2) is 4.98 Å². The molecule has 1 aromatic heterocycles. The Morgan fingerprint density at radius 2 is 1.93 bits per heavy atom. The van der Waals surface area contributed by atoms with Gasteiger partial charge in [-0.3, -0.25) is 14.6 Å². The van der Waals surface area contributed by atoms with Crippen molar-refractivity contribution >= 4 is 5.69 Å². The summed E-state index contributed by atoms with van der Waals surface area (Å²) in [6, 6.07) is 5.00. The standard InChI is InChI=1S/C10H8N2O2/c13-9-5-8(10(9)14)12-6-7-1-3-11-4-2-7/h1-5,12H,6H2. The van der Waals surface area contributed by atoms with Gasteiger partial charge < -0.3 is 5.32 Å². The van der Waals surface area contributed by atoms with E-state index >= 15 is 0 Å². The fourth-order valence-corrected chi connectivity index (χ4v) is 1.15. The highest BCUT2D eigenvalue weighted by atomic mass is 16.2. The van der Waals surface area contributed by atoms with E-state index in [9.17, 15) is 9.59 Å². The Morgan fingerprint density at radius 3 is 2.50 bits per heavy atom. The maximum atomic E-state index is 10.9. The molecule has 4 nitrogen and oxygen atoms in total. The summed E-state index contributed by atoms with van der Waals surface area (Å²) in [5, 5.41) is 2.88. The van der Waals surface area contributed by atoms with E-state index in [1.807, 2.05) is 12.1 Å². The lowest BCUT2D eigenvalue weighted by atomic mass is 10.2. The van der Waals surface area contributed by atoms with Crippen LogP contribution in [0.1, 0.15) is 5.56 Å². The van der Waals surface area contributed by atoms with E-state index in [2.05, 4.69) is 10.3 Å². The maximum absolute atomic E-state index is 10.9. The molecule has 0 aliphatic heterocycles. The van der Waals surface area contributed by atoms with Crippen LogP contribution in [0.2, 0.25) is 0 Å². The van der Waals surface area contributed by atoms with E-state index in [-0.39, 0.29) is 0 Å². The van der Waals surface area contributed by atoms with E-state index in [1.54, 1.807) is 12.4 Å². The predicted molar refractivity (Wildman–Crippen MR) is 52.9 cm³/mol. The van der Waals surface area contributed by atoms with Crippen LogP contribution in [0.25, 0.3) is 0 Å². The molecule has 1 N–H and O–H groups in total. The number of pyridine rings is 1. The molecule has 0 saturated heterocycles. The van der Waals surface area contributed by atoms with Crippen LogP contribution in [0.5, 0.6) is 0 Å². The van der Waals surface area contributed by atoms with Crippen molar-refractivity contribution in [2.75, 3.05) is 5.32 Å². The molecule has 0 unspecified atom stereocenters. The zero-order chi connectivity index (χ0) is 9.97. The molecule has 70 valence electrons. The first-order valence-corrected chi connectivity index (χ1v) is 4.20. The number of nitrogens with one attached hydrogen (secondary N) is 1. The predicted octanol–water partition coefficient (Wildman–Crippen LogP) is 0.290. The van der Waals surface area contributed by atoms with Gasteiger partial charge in [0, 0.05) is 25.0 Å². The van der Waals surface area contributed by atoms with Gasteiger partial charge in [0.05, 0.1) is 5.69 Å². The van der Waals surface area contributed by atoms with Gasteiger partial charge in [-0.15, -0.1) is 0 Å². The van der Waals surface area contributed by atoms with Gasteiger partial charge in [-0.25, -0.2) is 0 Å². The lowest BCUT2D eigenvalue weighted by Gasteiger charge is -2.05. The molecule has 2 aromatic rings. The molecule has 0 aliphatic rings. The molecule has 4 heteroatoms. The van der Waals surface area contributed by atoms with Gasteiger partial charge in [0.2, 0.25) is 10.9 Å². The van der Waals surface area contributed by atoms with Crippen molar-refractivity contribution in [2.24, 2.45) is 0 Å². The fourth-order valence-electron chi connectivity index (χ4n) is 1.15.